The van der Waals surface area contributed by atoms with E-state index in [0.29, 0.717) is 17.0 Å². The van der Waals surface area contributed by atoms with E-state index in [-0.39, 0.29) is 17.3 Å². The minimum atomic E-state index is -0.177. The first-order chi connectivity index (χ1) is 7.81. The molecule has 0 heterocycles. The summed E-state index contributed by atoms with van der Waals surface area (Å²) in [5.41, 5.74) is 0.907. The van der Waals surface area contributed by atoms with Crippen LogP contribution in [0.1, 0.15) is 32.8 Å². The lowest BCUT2D eigenvalue weighted by Gasteiger charge is -2.26. The molecular weight excluding hydrogens is 237 g/mol. The predicted octanol–water partition coefficient (Wildman–Crippen LogP) is 4.05. The fourth-order valence-corrected chi connectivity index (χ4v) is 2.18. The van der Waals surface area contributed by atoms with E-state index in [4.69, 9.17) is 11.6 Å². The number of benzene rings is 1. The fourth-order valence-electron chi connectivity index (χ4n) is 1.98. The number of nitrogens with one attached hydrogen (secondary N) is 1. The predicted molar refractivity (Wildman–Crippen MR) is 72.0 cm³/mol. The van der Waals surface area contributed by atoms with Gasteiger partial charge in [0.05, 0.1) is 0 Å². The normalized spacial score (nSPS) is 13.8. The maximum absolute atomic E-state index is 13.6. The molecule has 1 nitrogen and oxygen atoms in total. The van der Waals surface area contributed by atoms with Crippen LogP contribution in [0.3, 0.4) is 0 Å². The van der Waals surface area contributed by atoms with Gasteiger partial charge in [0.2, 0.25) is 0 Å². The maximum Gasteiger partial charge on any atom is 0.126 e. The van der Waals surface area contributed by atoms with Crippen molar-refractivity contribution in [3.8, 4) is 0 Å². The monoisotopic (exact) mass is 257 g/mol. The topological polar surface area (TPSA) is 12.0 Å². The van der Waals surface area contributed by atoms with Gasteiger partial charge in [0, 0.05) is 11.1 Å². The molecule has 96 valence electrons. The number of hydrogen-bond acceptors (Lipinski definition) is 1. The van der Waals surface area contributed by atoms with Crippen LogP contribution in [-0.4, -0.2) is 13.1 Å². The Bertz CT molecular complexity index is 371. The van der Waals surface area contributed by atoms with Crippen LogP contribution in [0.5, 0.6) is 0 Å². The second-order valence-corrected chi connectivity index (χ2v) is 6.13. The van der Waals surface area contributed by atoms with Crippen molar-refractivity contribution in [1.29, 1.82) is 0 Å². The standard InChI is InChI=1S/C14H21ClFN/c1-14(2,3)9-12(17-4)8-10-7-11(15)5-6-13(10)16/h5-7,12,17H,8-9H2,1-4H3. The third-order valence-electron chi connectivity index (χ3n) is 2.74. The summed E-state index contributed by atoms with van der Waals surface area (Å²) in [6, 6.07) is 4.99. The van der Waals surface area contributed by atoms with Gasteiger partial charge in [-0.25, -0.2) is 4.39 Å². The molecule has 17 heavy (non-hydrogen) atoms. The van der Waals surface area contributed by atoms with Crippen LogP contribution >= 0.6 is 11.6 Å². The van der Waals surface area contributed by atoms with E-state index in [9.17, 15) is 4.39 Å². The van der Waals surface area contributed by atoms with Gasteiger partial charge in [-0.1, -0.05) is 32.4 Å². The molecule has 1 N–H and O–H groups in total. The van der Waals surface area contributed by atoms with Gasteiger partial charge in [-0.2, -0.15) is 0 Å². The highest BCUT2D eigenvalue weighted by atomic mass is 35.5. The van der Waals surface area contributed by atoms with E-state index in [2.05, 4.69) is 26.1 Å². The van der Waals surface area contributed by atoms with Gasteiger partial charge < -0.3 is 5.32 Å². The largest absolute Gasteiger partial charge is 0.317 e. The molecule has 0 radical (unpaired) electrons. The van der Waals surface area contributed by atoms with Crippen molar-refractivity contribution in [2.75, 3.05) is 7.05 Å². The van der Waals surface area contributed by atoms with Gasteiger partial charge >= 0.3 is 0 Å². The van der Waals surface area contributed by atoms with Crippen LogP contribution in [0.2, 0.25) is 5.02 Å². The molecular formula is C14H21ClFN. The van der Waals surface area contributed by atoms with Crippen molar-refractivity contribution in [2.45, 2.75) is 39.7 Å². The number of likely N-dealkylation sites (N-methyl/N-ethyl adjacent to an activating group) is 1. The average molecular weight is 258 g/mol. The van der Waals surface area contributed by atoms with Crippen molar-refractivity contribution in [3.05, 3.63) is 34.6 Å². The Balaban J connectivity index is 2.77. The summed E-state index contributed by atoms with van der Waals surface area (Å²) in [6.45, 7) is 6.56. The van der Waals surface area contributed by atoms with E-state index >= 15 is 0 Å². The molecule has 0 bridgehead atoms. The third kappa shape index (κ3) is 5.05. The summed E-state index contributed by atoms with van der Waals surface area (Å²) < 4.78 is 13.6. The summed E-state index contributed by atoms with van der Waals surface area (Å²) in [7, 11) is 1.92. The second-order valence-electron chi connectivity index (χ2n) is 5.69. The molecule has 0 saturated carbocycles. The highest BCUT2D eigenvalue weighted by Crippen LogP contribution is 2.24. The van der Waals surface area contributed by atoms with Crippen molar-refractivity contribution < 1.29 is 4.39 Å². The van der Waals surface area contributed by atoms with Gasteiger partial charge in [0.25, 0.3) is 0 Å². The van der Waals surface area contributed by atoms with Gasteiger partial charge in [-0.15, -0.1) is 0 Å². The third-order valence-corrected chi connectivity index (χ3v) is 2.98. The molecule has 1 atom stereocenters. The molecule has 0 aliphatic carbocycles. The van der Waals surface area contributed by atoms with Crippen LogP contribution in [0, 0.1) is 11.2 Å². The highest BCUT2D eigenvalue weighted by molar-refractivity contribution is 6.30. The van der Waals surface area contributed by atoms with E-state index in [1.165, 1.54) is 6.07 Å². The van der Waals surface area contributed by atoms with E-state index in [1.807, 2.05) is 7.05 Å². The zero-order valence-corrected chi connectivity index (χ0v) is 11.7. The Hall–Kier alpha value is -0.600. The summed E-state index contributed by atoms with van der Waals surface area (Å²) in [6.07, 6.45) is 1.66. The summed E-state index contributed by atoms with van der Waals surface area (Å²) in [5, 5.41) is 3.83. The fraction of sp³-hybridized carbons (Fsp3) is 0.571. The molecule has 0 amide bonds. The van der Waals surface area contributed by atoms with Gasteiger partial charge in [0.15, 0.2) is 0 Å². The quantitative estimate of drug-likeness (QED) is 0.858. The molecule has 1 aromatic carbocycles. The lowest BCUT2D eigenvalue weighted by atomic mass is 9.86. The van der Waals surface area contributed by atoms with Crippen molar-refractivity contribution in [2.24, 2.45) is 5.41 Å². The smallest absolute Gasteiger partial charge is 0.126 e. The molecule has 0 saturated heterocycles. The molecule has 0 aliphatic rings. The Labute approximate surface area is 108 Å². The highest BCUT2D eigenvalue weighted by Gasteiger charge is 2.19. The minimum absolute atomic E-state index is 0.177. The van der Waals surface area contributed by atoms with E-state index < -0.39 is 0 Å². The number of hydrogen-bond donors (Lipinski definition) is 1. The Morgan fingerprint density at radius 3 is 2.53 bits per heavy atom. The molecule has 1 unspecified atom stereocenters. The van der Waals surface area contributed by atoms with Crippen LogP contribution in [0.15, 0.2) is 18.2 Å². The van der Waals surface area contributed by atoms with Gasteiger partial charge in [-0.3, -0.25) is 0 Å². The van der Waals surface area contributed by atoms with Crippen molar-refractivity contribution in [3.63, 3.8) is 0 Å². The molecule has 1 aromatic rings. The molecule has 3 heteroatoms. The maximum atomic E-state index is 13.6. The first-order valence-corrected chi connectivity index (χ1v) is 6.31. The van der Waals surface area contributed by atoms with Gasteiger partial charge in [-0.05, 0) is 49.1 Å². The second kappa shape index (κ2) is 5.83. The average Bonchev–Trinajstić information content (AvgIpc) is 2.20. The Morgan fingerprint density at radius 1 is 1.35 bits per heavy atom. The number of halogens is 2. The van der Waals surface area contributed by atoms with Crippen LogP contribution < -0.4 is 5.32 Å². The molecule has 0 aromatic heterocycles. The van der Waals surface area contributed by atoms with E-state index in [1.54, 1.807) is 12.1 Å². The summed E-state index contributed by atoms with van der Waals surface area (Å²) >= 11 is 5.89. The number of rotatable bonds is 4. The first kappa shape index (κ1) is 14.5. The summed E-state index contributed by atoms with van der Waals surface area (Å²) in [5.74, 6) is -0.177. The molecule has 0 spiro atoms. The molecule has 0 aliphatic heterocycles. The van der Waals surface area contributed by atoms with Crippen LogP contribution in [0.25, 0.3) is 0 Å². The zero-order chi connectivity index (χ0) is 13.1. The Kier molecular flexibility index (Phi) is 4.96. The van der Waals surface area contributed by atoms with Crippen LogP contribution in [-0.2, 0) is 6.42 Å². The first-order valence-electron chi connectivity index (χ1n) is 5.93. The SMILES string of the molecule is CNC(Cc1cc(Cl)ccc1F)CC(C)(C)C. The van der Waals surface area contributed by atoms with Crippen LogP contribution in [0.4, 0.5) is 4.39 Å². The van der Waals surface area contributed by atoms with E-state index in [0.717, 1.165) is 6.42 Å². The van der Waals surface area contributed by atoms with Crippen molar-refractivity contribution >= 4 is 11.6 Å². The Morgan fingerprint density at radius 2 is 2.00 bits per heavy atom. The summed E-state index contributed by atoms with van der Waals surface area (Å²) in [4.78, 5) is 0. The van der Waals surface area contributed by atoms with Crippen molar-refractivity contribution in [1.82, 2.24) is 5.32 Å². The van der Waals surface area contributed by atoms with Gasteiger partial charge in [0.1, 0.15) is 5.82 Å². The molecule has 1 rings (SSSR count). The lowest BCUT2D eigenvalue weighted by molar-refractivity contribution is 0.314. The molecule has 0 fully saturated rings. The lowest BCUT2D eigenvalue weighted by Crippen LogP contribution is -2.32. The zero-order valence-electron chi connectivity index (χ0n) is 11.0. The minimum Gasteiger partial charge on any atom is -0.317 e.